The van der Waals surface area contributed by atoms with E-state index in [2.05, 4.69) is 10.3 Å². The van der Waals surface area contributed by atoms with Crippen LogP contribution < -0.4 is 5.32 Å². The zero-order valence-corrected chi connectivity index (χ0v) is 19.9. The Bertz CT molecular complexity index is 1150. The number of amides is 1. The number of carbonyl (C=O) groups is 1. The summed E-state index contributed by atoms with van der Waals surface area (Å²) in [5.41, 5.74) is 1.52. The number of hydrogen-bond donors (Lipinski definition) is 1. The largest absolute Gasteiger partial charge is 0.350 e. The molecule has 1 aromatic carbocycles. The summed E-state index contributed by atoms with van der Waals surface area (Å²) in [5, 5.41) is 5.63. The van der Waals surface area contributed by atoms with E-state index in [9.17, 15) is 13.2 Å². The minimum atomic E-state index is -3.50. The number of piperidine rings is 1. The van der Waals surface area contributed by atoms with Crippen LogP contribution >= 0.6 is 23.1 Å². The van der Waals surface area contributed by atoms with E-state index in [1.165, 1.54) is 11.8 Å². The van der Waals surface area contributed by atoms with Crippen LogP contribution in [-0.2, 0) is 27.9 Å². The molecule has 3 aromatic rings. The number of thiophene rings is 1. The molecule has 166 valence electrons. The number of nitrogens with one attached hydrogen (secondary N) is 1. The Balaban J connectivity index is 1.49. The minimum absolute atomic E-state index is 0.0542. The first-order chi connectivity index (χ1) is 15.0. The second-order valence-electron chi connectivity index (χ2n) is 7.40. The van der Waals surface area contributed by atoms with Crippen LogP contribution in [0.1, 0.15) is 31.1 Å². The summed E-state index contributed by atoms with van der Waals surface area (Å²) in [6, 6.07) is 9.10. The molecule has 0 atom stereocenters. The van der Waals surface area contributed by atoms with Gasteiger partial charge in [0.05, 0.1) is 28.2 Å². The SMILES string of the molecule is CCn1c(SCC(=O)NCc2cccs2)nc2cc(S(=O)(=O)N3CCCCC3)ccc21. The maximum Gasteiger partial charge on any atom is 0.243 e. The normalized spacial score (nSPS) is 15.4. The van der Waals surface area contributed by atoms with E-state index >= 15 is 0 Å². The molecule has 4 rings (SSSR count). The molecule has 1 aliphatic heterocycles. The van der Waals surface area contributed by atoms with Crippen molar-refractivity contribution in [3.8, 4) is 0 Å². The number of benzene rings is 1. The number of fused-ring (bicyclic) bond motifs is 1. The fourth-order valence-corrected chi connectivity index (χ4v) is 6.79. The van der Waals surface area contributed by atoms with Crippen molar-refractivity contribution < 1.29 is 13.2 Å². The topological polar surface area (TPSA) is 84.3 Å². The number of thioether (sulfide) groups is 1. The second-order valence-corrected chi connectivity index (χ2v) is 11.3. The van der Waals surface area contributed by atoms with Crippen molar-refractivity contribution in [2.24, 2.45) is 0 Å². The van der Waals surface area contributed by atoms with Gasteiger partial charge in [0.15, 0.2) is 5.16 Å². The highest BCUT2D eigenvalue weighted by molar-refractivity contribution is 7.99. The van der Waals surface area contributed by atoms with Gasteiger partial charge in [0.25, 0.3) is 0 Å². The molecule has 7 nitrogen and oxygen atoms in total. The molecule has 0 unspecified atom stereocenters. The van der Waals surface area contributed by atoms with E-state index in [0.29, 0.717) is 31.7 Å². The average molecular weight is 479 g/mol. The van der Waals surface area contributed by atoms with Crippen molar-refractivity contribution in [1.29, 1.82) is 0 Å². The summed E-state index contributed by atoms with van der Waals surface area (Å²) in [4.78, 5) is 18.3. The molecule has 10 heteroatoms. The summed E-state index contributed by atoms with van der Waals surface area (Å²) < 4.78 is 29.6. The van der Waals surface area contributed by atoms with Gasteiger partial charge in [-0.25, -0.2) is 13.4 Å². The van der Waals surface area contributed by atoms with Crippen LogP contribution in [0.2, 0.25) is 0 Å². The number of nitrogens with zero attached hydrogens (tertiary/aromatic N) is 3. The summed E-state index contributed by atoms with van der Waals surface area (Å²) in [6.45, 7) is 4.38. The standard InChI is InChI=1S/C21H26N4O3S3/c1-2-25-19-9-8-17(31(27,28)24-10-4-3-5-11-24)13-18(19)23-21(25)30-15-20(26)22-14-16-7-6-12-29-16/h6-9,12-13H,2-5,10-11,14-15H2,1H3,(H,22,26). The Hall–Kier alpha value is -1.88. The molecule has 3 heterocycles. The first-order valence-corrected chi connectivity index (χ1v) is 13.7. The molecule has 0 aliphatic carbocycles. The lowest BCUT2D eigenvalue weighted by molar-refractivity contribution is -0.118. The Kier molecular flexibility index (Phi) is 7.00. The molecular formula is C21H26N4O3S3. The third kappa shape index (κ3) is 4.97. The highest BCUT2D eigenvalue weighted by Crippen LogP contribution is 2.28. The van der Waals surface area contributed by atoms with E-state index in [0.717, 1.165) is 34.8 Å². The Morgan fingerprint density at radius 2 is 2.03 bits per heavy atom. The van der Waals surface area contributed by atoms with Crippen molar-refractivity contribution in [3.63, 3.8) is 0 Å². The monoisotopic (exact) mass is 478 g/mol. The average Bonchev–Trinajstić information content (AvgIpc) is 3.43. The summed E-state index contributed by atoms with van der Waals surface area (Å²) in [6.07, 6.45) is 2.88. The van der Waals surface area contributed by atoms with Crippen molar-refractivity contribution in [1.82, 2.24) is 19.2 Å². The maximum absolute atomic E-state index is 13.0. The number of aromatic nitrogens is 2. The quantitative estimate of drug-likeness (QED) is 0.499. The summed E-state index contributed by atoms with van der Waals surface area (Å²) in [7, 11) is -3.50. The zero-order chi connectivity index (χ0) is 21.8. The third-order valence-corrected chi connectivity index (χ3v) is 9.07. The van der Waals surface area contributed by atoms with Crippen LogP contribution in [0.15, 0.2) is 45.8 Å². The minimum Gasteiger partial charge on any atom is -0.350 e. The molecule has 2 aromatic heterocycles. The molecule has 1 amide bonds. The van der Waals surface area contributed by atoms with Crippen molar-refractivity contribution in [2.45, 2.75) is 49.3 Å². The van der Waals surface area contributed by atoms with Gasteiger partial charge in [-0.05, 0) is 49.4 Å². The lowest BCUT2D eigenvalue weighted by Crippen LogP contribution is -2.35. The van der Waals surface area contributed by atoms with Gasteiger partial charge in [-0.15, -0.1) is 11.3 Å². The molecular weight excluding hydrogens is 452 g/mol. The molecule has 1 N–H and O–H groups in total. The van der Waals surface area contributed by atoms with Gasteiger partial charge in [0.1, 0.15) is 0 Å². The zero-order valence-electron chi connectivity index (χ0n) is 17.4. The van der Waals surface area contributed by atoms with E-state index in [1.807, 2.05) is 35.1 Å². The smallest absolute Gasteiger partial charge is 0.243 e. The van der Waals surface area contributed by atoms with E-state index in [-0.39, 0.29) is 16.6 Å². The molecule has 31 heavy (non-hydrogen) atoms. The Labute approximate surface area is 190 Å². The van der Waals surface area contributed by atoms with Crippen LogP contribution in [0, 0.1) is 0 Å². The molecule has 1 aliphatic rings. The van der Waals surface area contributed by atoms with Crippen LogP contribution in [0.4, 0.5) is 0 Å². The molecule has 0 spiro atoms. The lowest BCUT2D eigenvalue weighted by Gasteiger charge is -2.25. The van der Waals surface area contributed by atoms with Crippen LogP contribution in [0.25, 0.3) is 11.0 Å². The van der Waals surface area contributed by atoms with Crippen molar-refractivity contribution in [2.75, 3.05) is 18.8 Å². The molecule has 1 saturated heterocycles. The fourth-order valence-electron chi connectivity index (χ4n) is 3.70. The van der Waals surface area contributed by atoms with Crippen LogP contribution in [0.3, 0.4) is 0 Å². The second kappa shape index (κ2) is 9.72. The molecule has 0 bridgehead atoms. The first-order valence-electron chi connectivity index (χ1n) is 10.4. The number of hydrogen-bond acceptors (Lipinski definition) is 6. The third-order valence-electron chi connectivity index (χ3n) is 5.33. The molecule has 0 radical (unpaired) electrons. The van der Waals surface area contributed by atoms with E-state index in [4.69, 9.17) is 0 Å². The Morgan fingerprint density at radius 3 is 2.74 bits per heavy atom. The first kappa shape index (κ1) is 22.3. The number of rotatable bonds is 8. The number of carbonyl (C=O) groups excluding carboxylic acids is 1. The van der Waals surface area contributed by atoms with Crippen LogP contribution in [0.5, 0.6) is 0 Å². The maximum atomic E-state index is 13.0. The summed E-state index contributed by atoms with van der Waals surface area (Å²) in [5.74, 6) is 0.203. The van der Waals surface area contributed by atoms with Gasteiger partial charge in [-0.1, -0.05) is 24.2 Å². The highest BCUT2D eigenvalue weighted by atomic mass is 32.2. The van der Waals surface area contributed by atoms with E-state index < -0.39 is 10.0 Å². The number of aryl methyl sites for hydroxylation is 1. The predicted octanol–water partition coefficient (Wildman–Crippen LogP) is 3.70. The Morgan fingerprint density at radius 1 is 1.23 bits per heavy atom. The predicted molar refractivity (Wildman–Crippen MR) is 125 cm³/mol. The van der Waals surface area contributed by atoms with Gasteiger partial charge >= 0.3 is 0 Å². The fraction of sp³-hybridized carbons (Fsp3) is 0.429. The molecule has 1 fully saturated rings. The van der Waals surface area contributed by atoms with Gasteiger partial charge in [-0.2, -0.15) is 4.31 Å². The van der Waals surface area contributed by atoms with Gasteiger partial charge in [0.2, 0.25) is 15.9 Å². The van der Waals surface area contributed by atoms with Gasteiger partial charge in [0, 0.05) is 24.5 Å². The highest BCUT2D eigenvalue weighted by Gasteiger charge is 2.26. The van der Waals surface area contributed by atoms with Crippen molar-refractivity contribution >= 4 is 50.1 Å². The number of imidazole rings is 1. The summed E-state index contributed by atoms with van der Waals surface area (Å²) >= 11 is 2.98. The van der Waals surface area contributed by atoms with Gasteiger partial charge < -0.3 is 9.88 Å². The van der Waals surface area contributed by atoms with Gasteiger partial charge in [-0.3, -0.25) is 4.79 Å². The van der Waals surface area contributed by atoms with Crippen molar-refractivity contribution in [3.05, 3.63) is 40.6 Å². The molecule has 0 saturated carbocycles. The van der Waals surface area contributed by atoms with Crippen LogP contribution in [-0.4, -0.2) is 47.0 Å². The lowest BCUT2D eigenvalue weighted by atomic mass is 10.2. The number of sulfonamides is 1. The van der Waals surface area contributed by atoms with E-state index in [1.54, 1.807) is 27.8 Å².